The number of hydrogen-bond donors (Lipinski definition) is 2. The van der Waals surface area contributed by atoms with E-state index in [4.69, 9.17) is 17.3 Å². The number of ketones is 1. The van der Waals surface area contributed by atoms with Crippen LogP contribution in [0.4, 0.5) is 10.8 Å². The van der Waals surface area contributed by atoms with Crippen molar-refractivity contribution in [3.8, 4) is 6.07 Å². The lowest BCUT2D eigenvalue weighted by Crippen LogP contribution is -2.38. The molecule has 8 nitrogen and oxygen atoms in total. The summed E-state index contributed by atoms with van der Waals surface area (Å²) in [6.45, 7) is 3.91. The van der Waals surface area contributed by atoms with Gasteiger partial charge in [-0.2, -0.15) is 5.26 Å². The summed E-state index contributed by atoms with van der Waals surface area (Å²) in [5.74, 6) is -0.390. The van der Waals surface area contributed by atoms with Crippen LogP contribution in [0.15, 0.2) is 69.5 Å². The third-order valence-corrected chi connectivity index (χ3v) is 9.03. The maximum absolute atomic E-state index is 13.3. The number of hydrogen-bond acceptors (Lipinski definition) is 9. The average Bonchev–Trinajstić information content (AvgIpc) is 3.37. The Balaban J connectivity index is 1.42. The van der Waals surface area contributed by atoms with Gasteiger partial charge in [0.15, 0.2) is 10.1 Å². The molecule has 0 saturated heterocycles. The molecular weight excluding hydrogens is 552 g/mol. The van der Waals surface area contributed by atoms with E-state index in [1.54, 1.807) is 23.1 Å². The number of para-hydroxylation sites is 1. The SMILES string of the molecule is Cc1cccc(C)c1NC(=O)CSc1nnc(N2C(N)=C(C#N)C(c3cccc(Cl)c3)C3=C2CCCC3=O)s1. The number of rotatable bonds is 6. The number of halogens is 1. The van der Waals surface area contributed by atoms with Crippen molar-refractivity contribution in [2.75, 3.05) is 16.0 Å². The van der Waals surface area contributed by atoms with Gasteiger partial charge < -0.3 is 11.1 Å². The van der Waals surface area contributed by atoms with Crippen LogP contribution >= 0.6 is 34.7 Å². The summed E-state index contributed by atoms with van der Waals surface area (Å²) >= 11 is 8.78. The highest BCUT2D eigenvalue weighted by atomic mass is 35.5. The molecule has 1 amide bonds. The summed E-state index contributed by atoms with van der Waals surface area (Å²) in [5, 5.41) is 22.7. The number of thioether (sulfide) groups is 1. The van der Waals surface area contributed by atoms with E-state index in [9.17, 15) is 14.9 Å². The fourth-order valence-corrected chi connectivity index (χ4v) is 6.87. The lowest BCUT2D eigenvalue weighted by molar-refractivity contribution is -0.116. The van der Waals surface area contributed by atoms with E-state index in [2.05, 4.69) is 21.6 Å². The molecule has 2 heterocycles. The second-order valence-corrected chi connectivity index (χ2v) is 11.9. The first kappa shape index (κ1) is 26.9. The van der Waals surface area contributed by atoms with Crippen LogP contribution in [0.25, 0.3) is 0 Å². The molecule has 0 radical (unpaired) electrons. The van der Waals surface area contributed by atoms with Crippen molar-refractivity contribution in [1.29, 1.82) is 5.26 Å². The quantitative estimate of drug-likeness (QED) is 0.350. The Labute approximate surface area is 239 Å². The highest BCUT2D eigenvalue weighted by Crippen LogP contribution is 2.47. The molecule has 2 aliphatic rings. The van der Waals surface area contributed by atoms with E-state index in [1.165, 1.54) is 23.1 Å². The van der Waals surface area contributed by atoms with Crippen LogP contribution in [-0.4, -0.2) is 27.6 Å². The molecule has 2 aromatic carbocycles. The van der Waals surface area contributed by atoms with Gasteiger partial charge in [0.25, 0.3) is 0 Å². The van der Waals surface area contributed by atoms with Gasteiger partial charge >= 0.3 is 0 Å². The van der Waals surface area contributed by atoms with Gasteiger partial charge in [0, 0.05) is 28.4 Å². The standard InChI is InChI=1S/C28H25ClN6O2S2/c1-15-6-3-7-16(2)25(15)32-22(37)14-38-28-34-33-27(39-28)35-20-10-5-11-21(36)24(20)23(19(13-30)26(35)31)17-8-4-9-18(29)12-17/h3-4,6-9,12,23H,5,10-11,14,31H2,1-2H3,(H,32,37). The second-order valence-electron chi connectivity index (χ2n) is 9.33. The number of nitrogens with one attached hydrogen (secondary N) is 1. The molecule has 0 bridgehead atoms. The number of anilines is 2. The molecule has 39 heavy (non-hydrogen) atoms. The van der Waals surface area contributed by atoms with Crippen molar-refractivity contribution in [3.05, 3.63) is 86.8 Å². The zero-order valence-corrected chi connectivity index (χ0v) is 23.7. The van der Waals surface area contributed by atoms with Crippen LogP contribution in [0, 0.1) is 25.2 Å². The first-order chi connectivity index (χ1) is 18.8. The number of amides is 1. The van der Waals surface area contributed by atoms with Crippen molar-refractivity contribution >= 4 is 57.2 Å². The van der Waals surface area contributed by atoms with E-state index >= 15 is 0 Å². The van der Waals surface area contributed by atoms with Gasteiger partial charge in [-0.05, 0) is 55.5 Å². The minimum absolute atomic E-state index is 0.0197. The van der Waals surface area contributed by atoms with Crippen molar-refractivity contribution < 1.29 is 9.59 Å². The van der Waals surface area contributed by atoms with E-state index in [1.807, 2.05) is 38.1 Å². The van der Waals surface area contributed by atoms with Crippen LogP contribution in [0.5, 0.6) is 0 Å². The van der Waals surface area contributed by atoms with Gasteiger partial charge in [-0.15, -0.1) is 10.2 Å². The molecule has 3 N–H and O–H groups in total. The predicted octanol–water partition coefficient (Wildman–Crippen LogP) is 5.84. The van der Waals surface area contributed by atoms with E-state index in [0.717, 1.165) is 28.1 Å². The van der Waals surface area contributed by atoms with Gasteiger partial charge in [0.1, 0.15) is 5.82 Å². The highest BCUT2D eigenvalue weighted by molar-refractivity contribution is 8.01. The molecule has 11 heteroatoms. The molecule has 1 aromatic heterocycles. The molecule has 1 aliphatic heterocycles. The topological polar surface area (TPSA) is 125 Å². The number of aromatic nitrogens is 2. The maximum atomic E-state index is 13.3. The number of allylic oxidation sites excluding steroid dienone is 3. The Bertz CT molecular complexity index is 1570. The first-order valence-corrected chi connectivity index (χ1v) is 14.5. The third kappa shape index (κ3) is 5.30. The van der Waals surface area contributed by atoms with Gasteiger partial charge in [0.2, 0.25) is 11.0 Å². The normalized spacial score (nSPS) is 17.2. The average molecular weight is 577 g/mol. The number of carbonyl (C=O) groups excluding carboxylic acids is 2. The molecule has 5 rings (SSSR count). The van der Waals surface area contributed by atoms with Crippen LogP contribution in [-0.2, 0) is 9.59 Å². The van der Waals surface area contributed by atoms with Crippen molar-refractivity contribution in [2.24, 2.45) is 5.73 Å². The summed E-state index contributed by atoms with van der Waals surface area (Å²) in [4.78, 5) is 27.6. The number of aryl methyl sites for hydroxylation is 2. The smallest absolute Gasteiger partial charge is 0.234 e. The highest BCUT2D eigenvalue weighted by Gasteiger charge is 2.41. The fraction of sp³-hybridized carbons (Fsp3) is 0.250. The zero-order chi connectivity index (χ0) is 27.7. The summed E-state index contributed by atoms with van der Waals surface area (Å²) in [5.41, 5.74) is 11.7. The van der Waals surface area contributed by atoms with Crippen LogP contribution in [0.1, 0.15) is 41.9 Å². The molecule has 1 unspecified atom stereocenters. The molecule has 0 saturated carbocycles. The van der Waals surface area contributed by atoms with Crippen molar-refractivity contribution in [1.82, 2.24) is 10.2 Å². The second kappa shape index (κ2) is 11.2. The van der Waals surface area contributed by atoms with E-state index in [-0.39, 0.29) is 28.8 Å². The van der Waals surface area contributed by atoms with Crippen molar-refractivity contribution in [3.63, 3.8) is 0 Å². The number of nitrogens with zero attached hydrogens (tertiary/aromatic N) is 4. The van der Waals surface area contributed by atoms with E-state index in [0.29, 0.717) is 39.3 Å². The van der Waals surface area contributed by atoms with Crippen LogP contribution in [0.2, 0.25) is 5.02 Å². The Kier molecular flexibility index (Phi) is 7.75. The summed E-state index contributed by atoms with van der Waals surface area (Å²) in [6.07, 6.45) is 1.68. The maximum Gasteiger partial charge on any atom is 0.234 e. The van der Waals surface area contributed by atoms with Crippen LogP contribution in [0.3, 0.4) is 0 Å². The molecule has 198 valence electrons. The monoisotopic (exact) mass is 576 g/mol. The minimum Gasteiger partial charge on any atom is -0.384 e. The Morgan fingerprint density at radius 3 is 2.69 bits per heavy atom. The number of nitriles is 1. The minimum atomic E-state index is -0.594. The predicted molar refractivity (Wildman–Crippen MR) is 155 cm³/mol. The van der Waals surface area contributed by atoms with Gasteiger partial charge in [-0.3, -0.25) is 14.5 Å². The molecule has 0 spiro atoms. The fourth-order valence-electron chi connectivity index (χ4n) is 4.99. The van der Waals surface area contributed by atoms with Crippen molar-refractivity contribution in [2.45, 2.75) is 43.4 Å². The van der Waals surface area contributed by atoms with Gasteiger partial charge in [-0.1, -0.05) is 65.0 Å². The summed E-state index contributed by atoms with van der Waals surface area (Å²) in [7, 11) is 0. The Hall–Kier alpha value is -3.65. The Morgan fingerprint density at radius 2 is 1.97 bits per heavy atom. The molecule has 1 aliphatic carbocycles. The largest absolute Gasteiger partial charge is 0.384 e. The Morgan fingerprint density at radius 1 is 1.23 bits per heavy atom. The lowest BCUT2D eigenvalue weighted by atomic mass is 9.76. The van der Waals surface area contributed by atoms with Crippen LogP contribution < -0.4 is 16.0 Å². The number of Topliss-reactive ketones (excluding diaryl/α,β-unsaturated/α-hetero) is 1. The zero-order valence-electron chi connectivity index (χ0n) is 21.3. The number of benzene rings is 2. The van der Waals surface area contributed by atoms with E-state index < -0.39 is 5.92 Å². The summed E-state index contributed by atoms with van der Waals surface area (Å²) in [6, 6.07) is 15.3. The molecule has 1 atom stereocenters. The first-order valence-electron chi connectivity index (χ1n) is 12.3. The number of carbonyl (C=O) groups is 2. The molecular formula is C28H25ClN6O2S2. The lowest BCUT2D eigenvalue weighted by Gasteiger charge is -2.38. The third-order valence-electron chi connectivity index (χ3n) is 6.75. The van der Waals surface area contributed by atoms with Gasteiger partial charge in [0.05, 0.1) is 23.3 Å². The van der Waals surface area contributed by atoms with Gasteiger partial charge in [-0.25, -0.2) is 0 Å². The molecule has 0 fully saturated rings. The summed E-state index contributed by atoms with van der Waals surface area (Å²) < 4.78 is 0.578. The number of nitrogens with two attached hydrogens (primary N) is 1. The molecule has 3 aromatic rings.